The number of carbonyl (C=O) groups excluding carboxylic acids is 3. The number of hydrogen-bond donors (Lipinski definition) is 4. The molecule has 3 aromatic rings. The molecule has 0 aliphatic carbocycles. The molecule has 3 amide bonds. The summed E-state index contributed by atoms with van der Waals surface area (Å²) < 4.78 is 0. The molecule has 0 radical (unpaired) electrons. The molecule has 9 heteroatoms. The molecule has 34 heavy (non-hydrogen) atoms. The summed E-state index contributed by atoms with van der Waals surface area (Å²) in [7, 11) is 0. The summed E-state index contributed by atoms with van der Waals surface area (Å²) in [5, 5.41) is 5.88. The van der Waals surface area contributed by atoms with Crippen LogP contribution in [0.5, 0.6) is 0 Å². The maximum Gasteiger partial charge on any atom is 0.269 e. The van der Waals surface area contributed by atoms with E-state index in [0.29, 0.717) is 28.3 Å². The summed E-state index contributed by atoms with van der Waals surface area (Å²) in [5.74, 6) is -0.988. The Morgan fingerprint density at radius 3 is 2.24 bits per heavy atom. The van der Waals surface area contributed by atoms with Crippen LogP contribution >= 0.6 is 23.8 Å². The molecule has 0 bridgehead atoms. The number of rotatable bonds is 6. The van der Waals surface area contributed by atoms with E-state index in [2.05, 4.69) is 21.5 Å². The molecule has 0 saturated heterocycles. The molecule has 0 aliphatic rings. The minimum absolute atomic E-state index is 0.0281. The Morgan fingerprint density at radius 2 is 1.53 bits per heavy atom. The first-order valence-electron chi connectivity index (χ1n) is 10.4. The quantitative estimate of drug-likeness (QED) is 0.304. The van der Waals surface area contributed by atoms with E-state index in [1.165, 1.54) is 0 Å². The third-order valence-corrected chi connectivity index (χ3v) is 5.49. The van der Waals surface area contributed by atoms with Crippen LogP contribution in [0.4, 0.5) is 5.69 Å². The average molecular weight is 495 g/mol. The molecule has 3 rings (SSSR count). The van der Waals surface area contributed by atoms with Gasteiger partial charge in [-0.1, -0.05) is 48.0 Å². The van der Waals surface area contributed by atoms with Crippen LogP contribution in [0, 0.1) is 6.92 Å². The number of amides is 3. The van der Waals surface area contributed by atoms with Crippen molar-refractivity contribution < 1.29 is 14.4 Å². The molecule has 4 N–H and O–H groups in total. The first kappa shape index (κ1) is 24.9. The molecule has 0 fully saturated rings. The van der Waals surface area contributed by atoms with Crippen LogP contribution in [-0.2, 0) is 11.2 Å². The van der Waals surface area contributed by atoms with Crippen LogP contribution in [0.25, 0.3) is 0 Å². The van der Waals surface area contributed by atoms with Crippen molar-refractivity contribution in [2.75, 3.05) is 5.32 Å². The number of hydrazine groups is 1. The fourth-order valence-corrected chi connectivity index (χ4v) is 3.48. The van der Waals surface area contributed by atoms with Crippen LogP contribution < -0.4 is 21.5 Å². The smallest absolute Gasteiger partial charge is 0.269 e. The summed E-state index contributed by atoms with van der Waals surface area (Å²) in [6.07, 6.45) is 0.655. The standard InChI is InChI=1S/C25H23ClN4O3S/c1-16-6-2-4-8-20(16)24(33)27-19-13-10-18(11-14-19)23(32)29-30-25(34)28-22(31)15-12-17-7-3-5-9-21(17)26/h2-11,13-14H,12,15H2,1H3,(H,27,33)(H,29,32)(H2,28,30,31,34). The SMILES string of the molecule is Cc1ccccc1C(=O)Nc1ccc(C(=O)NNC(=S)NC(=O)CCc2ccccc2Cl)cc1. The van der Waals surface area contributed by atoms with Gasteiger partial charge in [0.15, 0.2) is 5.11 Å². The fraction of sp³-hybridized carbons (Fsp3) is 0.120. The molecule has 7 nitrogen and oxygen atoms in total. The van der Waals surface area contributed by atoms with Crippen molar-refractivity contribution in [2.45, 2.75) is 19.8 Å². The second-order valence-electron chi connectivity index (χ2n) is 7.39. The van der Waals surface area contributed by atoms with Gasteiger partial charge in [0.05, 0.1) is 0 Å². The lowest BCUT2D eigenvalue weighted by Crippen LogP contribution is -2.48. The Hall–Kier alpha value is -3.75. The summed E-state index contributed by atoms with van der Waals surface area (Å²) in [6, 6.07) is 20.9. The van der Waals surface area contributed by atoms with Gasteiger partial charge in [0.1, 0.15) is 0 Å². The Bertz CT molecular complexity index is 1210. The lowest BCUT2D eigenvalue weighted by molar-refractivity contribution is -0.119. The molecule has 174 valence electrons. The van der Waals surface area contributed by atoms with E-state index in [9.17, 15) is 14.4 Å². The van der Waals surface area contributed by atoms with Crippen molar-refractivity contribution in [1.29, 1.82) is 0 Å². The first-order chi connectivity index (χ1) is 16.3. The van der Waals surface area contributed by atoms with Crippen molar-refractivity contribution in [3.05, 3.63) is 100 Å². The monoisotopic (exact) mass is 494 g/mol. The molecule has 0 aliphatic heterocycles. The fourth-order valence-electron chi connectivity index (χ4n) is 3.09. The van der Waals surface area contributed by atoms with Gasteiger partial charge in [-0.3, -0.25) is 25.2 Å². The van der Waals surface area contributed by atoms with Crippen molar-refractivity contribution >= 4 is 52.3 Å². The number of benzene rings is 3. The molecular weight excluding hydrogens is 472 g/mol. The molecule has 0 heterocycles. The summed E-state index contributed by atoms with van der Waals surface area (Å²) in [5.41, 5.74) is 8.14. The highest BCUT2D eigenvalue weighted by molar-refractivity contribution is 7.80. The Labute approximate surface area is 207 Å². The van der Waals surface area contributed by atoms with Crippen molar-refractivity contribution in [3.8, 4) is 0 Å². The van der Waals surface area contributed by atoms with E-state index >= 15 is 0 Å². The third-order valence-electron chi connectivity index (χ3n) is 4.92. The summed E-state index contributed by atoms with van der Waals surface area (Å²) in [4.78, 5) is 36.8. The Balaban J connectivity index is 1.44. The highest BCUT2D eigenvalue weighted by Gasteiger charge is 2.11. The van der Waals surface area contributed by atoms with Gasteiger partial charge in [-0.05, 0) is 73.1 Å². The van der Waals surface area contributed by atoms with Crippen molar-refractivity contribution in [2.24, 2.45) is 0 Å². The first-order valence-corrected chi connectivity index (χ1v) is 11.2. The van der Waals surface area contributed by atoms with Gasteiger partial charge in [0, 0.05) is 28.3 Å². The van der Waals surface area contributed by atoms with E-state index in [4.69, 9.17) is 23.8 Å². The van der Waals surface area contributed by atoms with Crippen LogP contribution in [0.1, 0.15) is 38.3 Å². The number of aryl methyl sites for hydroxylation is 2. The van der Waals surface area contributed by atoms with E-state index in [1.54, 1.807) is 42.5 Å². The molecule has 0 aromatic heterocycles. The predicted octanol–water partition coefficient (Wildman–Crippen LogP) is 4.17. The van der Waals surface area contributed by atoms with Gasteiger partial charge in [0.25, 0.3) is 11.8 Å². The summed E-state index contributed by atoms with van der Waals surface area (Å²) >= 11 is 11.1. The summed E-state index contributed by atoms with van der Waals surface area (Å²) in [6.45, 7) is 1.86. The molecular formula is C25H23ClN4O3S. The van der Waals surface area contributed by atoms with Crippen LogP contribution in [0.3, 0.4) is 0 Å². The minimum Gasteiger partial charge on any atom is -0.322 e. The van der Waals surface area contributed by atoms with Crippen LogP contribution in [0.2, 0.25) is 5.02 Å². The number of anilines is 1. The van der Waals surface area contributed by atoms with Crippen LogP contribution in [-0.4, -0.2) is 22.8 Å². The van der Waals surface area contributed by atoms with Gasteiger partial charge in [-0.25, -0.2) is 0 Å². The van der Waals surface area contributed by atoms with Crippen LogP contribution in [0.15, 0.2) is 72.8 Å². The number of hydrogen-bond acceptors (Lipinski definition) is 4. The van der Waals surface area contributed by atoms with Crippen molar-refractivity contribution in [1.82, 2.24) is 16.2 Å². The van der Waals surface area contributed by atoms with Gasteiger partial charge >= 0.3 is 0 Å². The number of thiocarbonyl (C=S) groups is 1. The molecule has 0 unspecified atom stereocenters. The number of carbonyl (C=O) groups is 3. The van der Waals surface area contributed by atoms with Gasteiger partial charge in [-0.2, -0.15) is 0 Å². The van der Waals surface area contributed by atoms with E-state index in [-0.39, 0.29) is 23.3 Å². The third kappa shape index (κ3) is 7.13. The van der Waals surface area contributed by atoms with Gasteiger partial charge in [0.2, 0.25) is 5.91 Å². The maximum atomic E-state index is 12.4. The van der Waals surface area contributed by atoms with E-state index in [0.717, 1.165) is 11.1 Å². The zero-order valence-corrected chi connectivity index (χ0v) is 19.9. The van der Waals surface area contributed by atoms with Gasteiger partial charge < -0.3 is 10.6 Å². The van der Waals surface area contributed by atoms with Gasteiger partial charge in [-0.15, -0.1) is 0 Å². The Morgan fingerprint density at radius 1 is 0.853 bits per heavy atom. The normalized spacial score (nSPS) is 10.2. The predicted molar refractivity (Wildman–Crippen MR) is 137 cm³/mol. The van der Waals surface area contributed by atoms with Crippen molar-refractivity contribution in [3.63, 3.8) is 0 Å². The molecule has 0 atom stereocenters. The Kier molecular flexibility index (Phi) is 8.73. The lowest BCUT2D eigenvalue weighted by Gasteiger charge is -2.12. The minimum atomic E-state index is -0.454. The number of halogens is 1. The second kappa shape index (κ2) is 11.9. The highest BCUT2D eigenvalue weighted by atomic mass is 35.5. The molecule has 0 saturated carbocycles. The topological polar surface area (TPSA) is 99.3 Å². The molecule has 0 spiro atoms. The number of nitrogens with one attached hydrogen (secondary N) is 4. The lowest BCUT2D eigenvalue weighted by atomic mass is 10.1. The zero-order valence-electron chi connectivity index (χ0n) is 18.4. The average Bonchev–Trinajstić information content (AvgIpc) is 2.82. The molecule has 3 aromatic carbocycles. The highest BCUT2D eigenvalue weighted by Crippen LogP contribution is 2.16. The second-order valence-corrected chi connectivity index (χ2v) is 8.21. The maximum absolute atomic E-state index is 12.4. The largest absolute Gasteiger partial charge is 0.322 e. The van der Waals surface area contributed by atoms with E-state index in [1.807, 2.05) is 37.3 Å². The zero-order chi connectivity index (χ0) is 24.5. The van der Waals surface area contributed by atoms with E-state index < -0.39 is 5.91 Å².